The molecule has 0 aromatic heterocycles. The highest BCUT2D eigenvalue weighted by molar-refractivity contribution is 9.10. The van der Waals surface area contributed by atoms with Crippen molar-refractivity contribution in [2.75, 3.05) is 52.5 Å². The zero-order valence-electron chi connectivity index (χ0n) is 12.0. The summed E-state index contributed by atoms with van der Waals surface area (Å²) in [5.41, 5.74) is 6.60. The molecule has 21 heavy (non-hydrogen) atoms. The molecule has 0 heterocycles. The molecular formula is C14H20BrNO5. The lowest BCUT2D eigenvalue weighted by molar-refractivity contribution is 0.00567. The first-order valence-electron chi connectivity index (χ1n) is 6.52. The van der Waals surface area contributed by atoms with Gasteiger partial charge in [0.2, 0.25) is 0 Å². The number of halogens is 1. The molecule has 1 aromatic carbocycles. The maximum atomic E-state index is 11.8. The molecule has 0 amide bonds. The fourth-order valence-corrected chi connectivity index (χ4v) is 1.87. The van der Waals surface area contributed by atoms with Crippen molar-refractivity contribution < 1.29 is 23.7 Å². The summed E-state index contributed by atoms with van der Waals surface area (Å²) < 4.78 is 21.0. The lowest BCUT2D eigenvalue weighted by atomic mass is 10.2. The lowest BCUT2D eigenvalue weighted by Gasteiger charge is -2.08. The summed E-state index contributed by atoms with van der Waals surface area (Å²) in [6, 6.07) is 5.05. The quantitative estimate of drug-likeness (QED) is 0.389. The Morgan fingerprint density at radius 1 is 1.10 bits per heavy atom. The van der Waals surface area contributed by atoms with Crippen LogP contribution in [0.2, 0.25) is 0 Å². The molecule has 0 aliphatic heterocycles. The third-order valence-electron chi connectivity index (χ3n) is 2.51. The summed E-state index contributed by atoms with van der Waals surface area (Å²) >= 11 is 3.26. The van der Waals surface area contributed by atoms with Crippen LogP contribution in [-0.4, -0.2) is 52.7 Å². The molecule has 1 rings (SSSR count). The number of carbonyl (C=O) groups excluding carboxylic acids is 1. The molecular weight excluding hydrogens is 342 g/mol. The van der Waals surface area contributed by atoms with E-state index in [1.807, 2.05) is 0 Å². The second-order valence-electron chi connectivity index (χ2n) is 4.06. The second kappa shape index (κ2) is 10.6. The van der Waals surface area contributed by atoms with Gasteiger partial charge < -0.3 is 24.7 Å². The summed E-state index contributed by atoms with van der Waals surface area (Å²) in [7, 11) is 1.62. The van der Waals surface area contributed by atoms with E-state index in [-0.39, 0.29) is 6.61 Å². The predicted octanol–water partition coefficient (Wildman–Crippen LogP) is 1.87. The summed E-state index contributed by atoms with van der Waals surface area (Å²) in [6.07, 6.45) is 0. The number of benzene rings is 1. The van der Waals surface area contributed by atoms with Gasteiger partial charge in [-0.1, -0.05) is 6.07 Å². The number of ether oxygens (including phenoxy) is 4. The van der Waals surface area contributed by atoms with Gasteiger partial charge in [-0.15, -0.1) is 0 Å². The topological polar surface area (TPSA) is 80.0 Å². The Kier molecular flexibility index (Phi) is 9.00. The van der Waals surface area contributed by atoms with Crippen LogP contribution in [0.15, 0.2) is 22.7 Å². The number of nitrogen functional groups attached to an aromatic ring is 1. The van der Waals surface area contributed by atoms with Crippen molar-refractivity contribution in [3.8, 4) is 0 Å². The van der Waals surface area contributed by atoms with Crippen LogP contribution in [0.3, 0.4) is 0 Å². The number of rotatable bonds is 10. The fourth-order valence-electron chi connectivity index (χ4n) is 1.44. The van der Waals surface area contributed by atoms with Crippen LogP contribution in [0.4, 0.5) is 5.69 Å². The Morgan fingerprint density at radius 3 is 2.38 bits per heavy atom. The minimum Gasteiger partial charge on any atom is -0.460 e. The van der Waals surface area contributed by atoms with E-state index in [2.05, 4.69) is 15.9 Å². The molecule has 7 heteroatoms. The summed E-state index contributed by atoms with van der Waals surface area (Å²) in [4.78, 5) is 11.8. The number of esters is 1. The molecule has 2 N–H and O–H groups in total. The predicted molar refractivity (Wildman–Crippen MR) is 82.4 cm³/mol. The maximum absolute atomic E-state index is 11.8. The van der Waals surface area contributed by atoms with Crippen molar-refractivity contribution in [3.63, 3.8) is 0 Å². The highest BCUT2D eigenvalue weighted by Crippen LogP contribution is 2.24. The Bertz CT molecular complexity index is 441. The number of hydrogen-bond acceptors (Lipinski definition) is 6. The lowest BCUT2D eigenvalue weighted by Crippen LogP contribution is -2.14. The van der Waals surface area contributed by atoms with Crippen molar-refractivity contribution in [3.05, 3.63) is 28.2 Å². The SMILES string of the molecule is COCCOCCOCCOC(=O)c1cccc(N)c1Br. The normalized spacial score (nSPS) is 10.6. The molecule has 0 unspecified atom stereocenters. The van der Waals surface area contributed by atoms with Crippen LogP contribution >= 0.6 is 15.9 Å². The highest BCUT2D eigenvalue weighted by Gasteiger charge is 2.12. The van der Waals surface area contributed by atoms with Gasteiger partial charge in [-0.2, -0.15) is 0 Å². The molecule has 0 radical (unpaired) electrons. The first kappa shape index (κ1) is 17.9. The Balaban J connectivity index is 2.13. The molecule has 0 aliphatic rings. The largest absolute Gasteiger partial charge is 0.460 e. The van der Waals surface area contributed by atoms with Gasteiger partial charge in [0.15, 0.2) is 0 Å². The number of nitrogens with two attached hydrogens (primary N) is 1. The molecule has 1 aromatic rings. The second-order valence-corrected chi connectivity index (χ2v) is 4.86. The third kappa shape index (κ3) is 6.90. The van der Waals surface area contributed by atoms with Gasteiger partial charge in [-0.3, -0.25) is 0 Å². The molecule has 6 nitrogen and oxygen atoms in total. The van der Waals surface area contributed by atoms with Crippen LogP contribution in [0, 0.1) is 0 Å². The van der Waals surface area contributed by atoms with Gasteiger partial charge in [-0.25, -0.2) is 4.79 Å². The van der Waals surface area contributed by atoms with Gasteiger partial charge in [0.25, 0.3) is 0 Å². The molecule has 0 aliphatic carbocycles. The minimum absolute atomic E-state index is 0.179. The minimum atomic E-state index is -0.436. The number of hydrogen-bond donors (Lipinski definition) is 1. The highest BCUT2D eigenvalue weighted by atomic mass is 79.9. The Labute approximate surface area is 132 Å². The van der Waals surface area contributed by atoms with E-state index in [0.717, 1.165) is 0 Å². The van der Waals surface area contributed by atoms with E-state index >= 15 is 0 Å². The molecule has 0 saturated heterocycles. The zero-order chi connectivity index (χ0) is 15.5. The van der Waals surface area contributed by atoms with Crippen molar-refractivity contribution in [1.82, 2.24) is 0 Å². The van der Waals surface area contributed by atoms with E-state index < -0.39 is 5.97 Å². The van der Waals surface area contributed by atoms with Gasteiger partial charge in [-0.05, 0) is 28.1 Å². The van der Waals surface area contributed by atoms with E-state index in [1.54, 1.807) is 25.3 Å². The van der Waals surface area contributed by atoms with Gasteiger partial charge in [0.05, 0.1) is 43.1 Å². The van der Waals surface area contributed by atoms with Crippen molar-refractivity contribution in [1.29, 1.82) is 0 Å². The van der Waals surface area contributed by atoms with Crippen LogP contribution in [0.5, 0.6) is 0 Å². The standard InChI is InChI=1S/C14H20BrNO5/c1-18-5-6-19-7-8-20-9-10-21-14(17)11-3-2-4-12(16)13(11)15/h2-4H,5-10,16H2,1H3. The summed E-state index contributed by atoms with van der Waals surface area (Å²) in [6.45, 7) is 2.53. The Morgan fingerprint density at radius 2 is 1.71 bits per heavy atom. The van der Waals surface area contributed by atoms with Crippen LogP contribution in [0.25, 0.3) is 0 Å². The summed E-state index contributed by atoms with van der Waals surface area (Å²) in [5.74, 6) is -0.436. The monoisotopic (exact) mass is 361 g/mol. The van der Waals surface area contributed by atoms with Crippen molar-refractivity contribution in [2.24, 2.45) is 0 Å². The Hall–Kier alpha value is -1.15. The first-order valence-corrected chi connectivity index (χ1v) is 7.31. The van der Waals surface area contributed by atoms with Crippen molar-refractivity contribution >= 4 is 27.6 Å². The molecule has 0 saturated carbocycles. The number of methoxy groups -OCH3 is 1. The molecule has 118 valence electrons. The fraction of sp³-hybridized carbons (Fsp3) is 0.500. The third-order valence-corrected chi connectivity index (χ3v) is 3.40. The zero-order valence-corrected chi connectivity index (χ0v) is 13.6. The van der Waals surface area contributed by atoms with Gasteiger partial charge >= 0.3 is 5.97 Å². The average molecular weight is 362 g/mol. The van der Waals surface area contributed by atoms with Gasteiger partial charge in [0.1, 0.15) is 6.61 Å². The molecule has 0 atom stereocenters. The molecule has 0 spiro atoms. The number of anilines is 1. The van der Waals surface area contributed by atoms with Crippen LogP contribution < -0.4 is 5.73 Å². The maximum Gasteiger partial charge on any atom is 0.339 e. The number of carbonyl (C=O) groups is 1. The molecule has 0 bridgehead atoms. The smallest absolute Gasteiger partial charge is 0.339 e. The van der Waals surface area contributed by atoms with E-state index in [4.69, 9.17) is 24.7 Å². The van der Waals surface area contributed by atoms with E-state index in [9.17, 15) is 4.79 Å². The first-order chi connectivity index (χ1) is 10.2. The average Bonchev–Trinajstić information content (AvgIpc) is 2.48. The van der Waals surface area contributed by atoms with E-state index in [1.165, 1.54) is 0 Å². The van der Waals surface area contributed by atoms with Crippen LogP contribution in [0.1, 0.15) is 10.4 Å². The molecule has 0 fully saturated rings. The van der Waals surface area contributed by atoms with Gasteiger partial charge in [0, 0.05) is 12.8 Å². The summed E-state index contributed by atoms with van der Waals surface area (Å²) in [5, 5.41) is 0. The van der Waals surface area contributed by atoms with Crippen LogP contribution in [-0.2, 0) is 18.9 Å². The van der Waals surface area contributed by atoms with Crippen molar-refractivity contribution in [2.45, 2.75) is 0 Å². The van der Waals surface area contributed by atoms with E-state index in [0.29, 0.717) is 48.8 Å².